The van der Waals surface area contributed by atoms with E-state index in [0.29, 0.717) is 6.54 Å². The summed E-state index contributed by atoms with van der Waals surface area (Å²) in [6, 6.07) is 2.15. The molecule has 0 unspecified atom stereocenters. The van der Waals surface area contributed by atoms with Gasteiger partial charge in [0.05, 0.1) is 0 Å². The van der Waals surface area contributed by atoms with Crippen LogP contribution in [-0.4, -0.2) is 16.6 Å². The highest BCUT2D eigenvalue weighted by Gasteiger charge is 2.07. The van der Waals surface area contributed by atoms with Crippen LogP contribution < -0.4 is 10.6 Å². The van der Waals surface area contributed by atoms with E-state index in [9.17, 15) is 4.79 Å². The number of hydrogen-bond donors (Lipinski definition) is 2. The number of hydrogen-bond acceptors (Lipinski definition) is 1. The van der Waals surface area contributed by atoms with E-state index < -0.39 is 0 Å². The number of amides is 2. The normalized spacial score (nSPS) is 10.6. The van der Waals surface area contributed by atoms with Crippen LogP contribution in [0.3, 0.4) is 0 Å². The lowest BCUT2D eigenvalue weighted by Gasteiger charge is -2.10. The highest BCUT2D eigenvalue weighted by Crippen LogP contribution is 2.12. The maximum absolute atomic E-state index is 11.4. The Kier molecular flexibility index (Phi) is 3.99. The first-order valence-corrected chi connectivity index (χ1v) is 5.58. The molecule has 0 spiro atoms. The second-order valence-electron chi connectivity index (χ2n) is 4.44. The Morgan fingerprint density at radius 2 is 2.06 bits per heavy atom. The lowest BCUT2D eigenvalue weighted by Crippen LogP contribution is -2.39. The predicted octanol–water partition coefficient (Wildman–Crippen LogP) is 1.85. The quantitative estimate of drug-likeness (QED) is 0.807. The van der Waals surface area contributed by atoms with Crippen LogP contribution in [0.1, 0.15) is 30.8 Å². The molecule has 1 aromatic rings. The SMILES string of the molecule is Cc1cc(CNC(=O)NC(C)C)c(C)n1C. The average Bonchev–Trinajstić information content (AvgIpc) is 2.42. The molecule has 4 heteroatoms. The molecule has 4 nitrogen and oxygen atoms in total. The summed E-state index contributed by atoms with van der Waals surface area (Å²) in [4.78, 5) is 11.4. The highest BCUT2D eigenvalue weighted by atomic mass is 16.2. The Bertz CT molecular complexity index is 380. The summed E-state index contributed by atoms with van der Waals surface area (Å²) >= 11 is 0. The Morgan fingerprint density at radius 1 is 1.44 bits per heavy atom. The van der Waals surface area contributed by atoms with Gasteiger partial charge in [-0.2, -0.15) is 0 Å². The van der Waals surface area contributed by atoms with Crippen molar-refractivity contribution in [3.05, 3.63) is 23.0 Å². The van der Waals surface area contributed by atoms with Gasteiger partial charge in [-0.3, -0.25) is 0 Å². The molecular formula is C12H21N3O. The van der Waals surface area contributed by atoms with Crippen molar-refractivity contribution in [1.82, 2.24) is 15.2 Å². The lowest BCUT2D eigenvalue weighted by molar-refractivity contribution is 0.238. The monoisotopic (exact) mass is 223 g/mol. The van der Waals surface area contributed by atoms with Crippen molar-refractivity contribution in [2.45, 2.75) is 40.3 Å². The fourth-order valence-corrected chi connectivity index (χ4v) is 1.60. The summed E-state index contributed by atoms with van der Waals surface area (Å²) in [6.45, 7) is 8.58. The van der Waals surface area contributed by atoms with Crippen LogP contribution in [0.5, 0.6) is 0 Å². The second-order valence-corrected chi connectivity index (χ2v) is 4.44. The number of nitrogens with one attached hydrogen (secondary N) is 2. The summed E-state index contributed by atoms with van der Waals surface area (Å²) < 4.78 is 2.12. The van der Waals surface area contributed by atoms with Crippen LogP contribution in [0.2, 0.25) is 0 Å². The van der Waals surface area contributed by atoms with Gasteiger partial charge in [0.15, 0.2) is 0 Å². The minimum Gasteiger partial charge on any atom is -0.352 e. The molecule has 1 heterocycles. The van der Waals surface area contributed by atoms with E-state index in [0.717, 1.165) is 0 Å². The fraction of sp³-hybridized carbons (Fsp3) is 0.583. The zero-order valence-electron chi connectivity index (χ0n) is 10.7. The summed E-state index contributed by atoms with van der Waals surface area (Å²) in [5, 5.41) is 5.65. The summed E-state index contributed by atoms with van der Waals surface area (Å²) in [5.74, 6) is 0. The molecule has 0 aromatic carbocycles. The Labute approximate surface area is 97.0 Å². The van der Waals surface area contributed by atoms with Crippen molar-refractivity contribution in [2.75, 3.05) is 0 Å². The van der Waals surface area contributed by atoms with Crippen molar-refractivity contribution in [2.24, 2.45) is 7.05 Å². The molecule has 0 aliphatic heterocycles. The van der Waals surface area contributed by atoms with Crippen molar-refractivity contribution in [1.29, 1.82) is 0 Å². The van der Waals surface area contributed by atoms with E-state index in [1.165, 1.54) is 17.0 Å². The maximum atomic E-state index is 11.4. The topological polar surface area (TPSA) is 46.1 Å². The van der Waals surface area contributed by atoms with Crippen molar-refractivity contribution in [3.63, 3.8) is 0 Å². The summed E-state index contributed by atoms with van der Waals surface area (Å²) in [5.41, 5.74) is 3.57. The van der Waals surface area contributed by atoms with Crippen molar-refractivity contribution >= 4 is 6.03 Å². The van der Waals surface area contributed by atoms with Gasteiger partial charge in [0, 0.05) is 31.0 Å². The zero-order valence-corrected chi connectivity index (χ0v) is 10.7. The van der Waals surface area contributed by atoms with Crippen LogP contribution in [0.15, 0.2) is 6.07 Å². The van der Waals surface area contributed by atoms with Gasteiger partial charge in [-0.25, -0.2) is 4.79 Å². The smallest absolute Gasteiger partial charge is 0.315 e. The molecule has 0 bridgehead atoms. The third-order valence-corrected chi connectivity index (χ3v) is 2.74. The van der Waals surface area contributed by atoms with Crippen LogP contribution in [0.4, 0.5) is 4.79 Å². The first-order chi connectivity index (χ1) is 7.41. The number of aromatic nitrogens is 1. The van der Waals surface area contributed by atoms with Crippen LogP contribution in [-0.2, 0) is 13.6 Å². The fourth-order valence-electron chi connectivity index (χ4n) is 1.60. The molecule has 0 saturated heterocycles. The predicted molar refractivity (Wildman–Crippen MR) is 65.4 cm³/mol. The van der Waals surface area contributed by atoms with E-state index in [1.54, 1.807) is 0 Å². The number of carbonyl (C=O) groups is 1. The van der Waals surface area contributed by atoms with Gasteiger partial charge in [-0.05, 0) is 39.3 Å². The molecule has 1 rings (SSSR count). The zero-order chi connectivity index (χ0) is 12.3. The third-order valence-electron chi connectivity index (χ3n) is 2.74. The molecule has 0 aliphatic carbocycles. The van der Waals surface area contributed by atoms with E-state index in [-0.39, 0.29) is 12.1 Å². The largest absolute Gasteiger partial charge is 0.352 e. The lowest BCUT2D eigenvalue weighted by atomic mass is 10.2. The Morgan fingerprint density at radius 3 is 2.50 bits per heavy atom. The number of carbonyl (C=O) groups excluding carboxylic acids is 1. The molecule has 0 atom stereocenters. The minimum atomic E-state index is -0.115. The van der Waals surface area contributed by atoms with Gasteiger partial charge in [0.25, 0.3) is 0 Å². The standard InChI is InChI=1S/C12H21N3O/c1-8(2)14-12(16)13-7-11-6-9(3)15(5)10(11)4/h6,8H,7H2,1-5H3,(H2,13,14,16). The van der Waals surface area contributed by atoms with Gasteiger partial charge < -0.3 is 15.2 Å². The molecular weight excluding hydrogens is 202 g/mol. The van der Waals surface area contributed by atoms with Gasteiger partial charge in [0.1, 0.15) is 0 Å². The second kappa shape index (κ2) is 5.05. The maximum Gasteiger partial charge on any atom is 0.315 e. The molecule has 2 N–H and O–H groups in total. The summed E-state index contributed by atoms with van der Waals surface area (Å²) in [7, 11) is 2.03. The van der Waals surface area contributed by atoms with Crippen LogP contribution in [0, 0.1) is 13.8 Å². The Hall–Kier alpha value is -1.45. The summed E-state index contributed by atoms with van der Waals surface area (Å²) in [6.07, 6.45) is 0. The average molecular weight is 223 g/mol. The number of aryl methyl sites for hydroxylation is 1. The van der Waals surface area contributed by atoms with Crippen molar-refractivity contribution in [3.8, 4) is 0 Å². The van der Waals surface area contributed by atoms with Crippen LogP contribution in [0.25, 0.3) is 0 Å². The Balaban J connectivity index is 2.55. The van der Waals surface area contributed by atoms with E-state index in [2.05, 4.69) is 35.1 Å². The van der Waals surface area contributed by atoms with E-state index in [4.69, 9.17) is 0 Å². The first-order valence-electron chi connectivity index (χ1n) is 5.58. The molecule has 0 saturated carbocycles. The van der Waals surface area contributed by atoms with E-state index in [1.807, 2.05) is 20.9 Å². The molecule has 1 aromatic heterocycles. The van der Waals surface area contributed by atoms with Crippen molar-refractivity contribution < 1.29 is 4.79 Å². The van der Waals surface area contributed by atoms with Gasteiger partial charge >= 0.3 is 6.03 Å². The molecule has 90 valence electrons. The highest BCUT2D eigenvalue weighted by molar-refractivity contribution is 5.74. The molecule has 0 fully saturated rings. The molecule has 0 radical (unpaired) electrons. The molecule has 2 amide bonds. The number of nitrogens with zero attached hydrogens (tertiary/aromatic N) is 1. The molecule has 16 heavy (non-hydrogen) atoms. The number of urea groups is 1. The van der Waals surface area contributed by atoms with E-state index >= 15 is 0 Å². The molecule has 0 aliphatic rings. The van der Waals surface area contributed by atoms with Gasteiger partial charge in [-0.1, -0.05) is 0 Å². The van der Waals surface area contributed by atoms with Gasteiger partial charge in [0.2, 0.25) is 0 Å². The van der Waals surface area contributed by atoms with Gasteiger partial charge in [-0.15, -0.1) is 0 Å². The van der Waals surface area contributed by atoms with Crippen LogP contribution >= 0.6 is 0 Å². The minimum absolute atomic E-state index is 0.115. The third kappa shape index (κ3) is 3.02. The first kappa shape index (κ1) is 12.6. The number of rotatable bonds is 3.